The van der Waals surface area contributed by atoms with Gasteiger partial charge in [0.2, 0.25) is 70.9 Å². The topological polar surface area (TPSA) is 530 Å². The molecule has 12 amide bonds. The first-order valence-electron chi connectivity index (χ1n) is 34.9. The number of nitrogens with one attached hydrogen (secondary N) is 9. The van der Waals surface area contributed by atoms with E-state index in [9.17, 15) is 58.5 Å². The largest absolute Gasteiger partial charge is 0.394 e. The Morgan fingerprint density at radius 1 is 0.587 bits per heavy atom. The molecule has 0 bridgehead atoms. The number of carbonyl (C=O) groups is 12. The number of aliphatic hydroxyl groups excluding tert-OH is 3. The SMILES string of the molecule is CC(C)C[C@@H]1NC(=O)[C@H](CCCN)NC(=O)[C@H](C(C)C)NC(=O)[C@H](Cc2cn(CCO[C@@H]3O[C@H](CO)[C@H](O)[C@H](O)[C@H]3N)nn2)NC(=O)[C@H](CCC(N)=O)NC(=O)[C@H](CC(N)=O)NC(=O)[C@@H](Cc2ccccc2)NC(=O)[C@H](Cc2ccccc2)NC(=O)[C@@H]2CCCN2C(=O)[C@@H](Cc2ccccc2)NC1=O. The van der Waals surface area contributed by atoms with Crippen LogP contribution in [0.5, 0.6) is 0 Å². The van der Waals surface area contributed by atoms with Gasteiger partial charge in [-0.15, -0.1) is 5.10 Å². The number of hydrogen-bond acceptors (Lipinski definition) is 21. The van der Waals surface area contributed by atoms with Crippen molar-refractivity contribution in [3.63, 3.8) is 0 Å². The quantitative estimate of drug-likeness (QED) is 0.0313. The number of primary amides is 2. The van der Waals surface area contributed by atoms with Crippen molar-refractivity contribution in [3.05, 3.63) is 120 Å². The second-order valence-electron chi connectivity index (χ2n) is 27.0. The normalized spacial score (nSPS) is 27.1. The summed E-state index contributed by atoms with van der Waals surface area (Å²) in [7, 11) is 0. The molecular formula is C70H99N17O17. The minimum Gasteiger partial charge on any atom is -0.394 e. The summed E-state index contributed by atoms with van der Waals surface area (Å²) in [6.07, 6.45) is -6.56. The van der Waals surface area contributed by atoms with E-state index in [0.29, 0.717) is 23.1 Å². The summed E-state index contributed by atoms with van der Waals surface area (Å²) in [6, 6.07) is 9.23. The lowest BCUT2D eigenvalue weighted by molar-refractivity contribution is -0.266. The third-order valence-corrected chi connectivity index (χ3v) is 18.0. The van der Waals surface area contributed by atoms with E-state index in [2.05, 4.69) is 58.2 Å². The molecule has 0 unspecified atom stereocenters. The highest BCUT2D eigenvalue weighted by atomic mass is 16.7. The van der Waals surface area contributed by atoms with E-state index in [0.717, 1.165) is 0 Å². The van der Waals surface area contributed by atoms with Gasteiger partial charge in [-0.1, -0.05) is 124 Å². The molecule has 3 aliphatic rings. The molecule has 3 aromatic carbocycles. The van der Waals surface area contributed by atoms with Crippen molar-refractivity contribution >= 4 is 70.9 Å². The Hall–Kier alpha value is -9.84. The van der Waals surface area contributed by atoms with Gasteiger partial charge in [-0.05, 0) is 73.6 Å². The Morgan fingerprint density at radius 2 is 1.06 bits per heavy atom. The van der Waals surface area contributed by atoms with Crippen molar-refractivity contribution in [1.82, 2.24) is 67.7 Å². The van der Waals surface area contributed by atoms with Crippen molar-refractivity contribution < 1.29 is 82.3 Å². The van der Waals surface area contributed by atoms with Gasteiger partial charge >= 0.3 is 0 Å². The molecule has 0 saturated carbocycles. The highest BCUT2D eigenvalue weighted by Crippen LogP contribution is 2.24. The molecule has 3 saturated heterocycles. The van der Waals surface area contributed by atoms with E-state index in [1.165, 1.54) is 15.8 Å². The van der Waals surface area contributed by atoms with Crippen LogP contribution in [0.4, 0.5) is 0 Å². The van der Waals surface area contributed by atoms with Gasteiger partial charge in [0, 0.05) is 44.8 Å². The predicted molar refractivity (Wildman–Crippen MR) is 373 cm³/mol. The van der Waals surface area contributed by atoms with Crippen LogP contribution < -0.4 is 70.8 Å². The van der Waals surface area contributed by atoms with Crippen molar-refractivity contribution in [1.29, 1.82) is 0 Å². The summed E-state index contributed by atoms with van der Waals surface area (Å²) in [4.78, 5) is 176. The van der Waals surface area contributed by atoms with E-state index < -0.39 is 200 Å². The molecule has 0 radical (unpaired) electrons. The Morgan fingerprint density at radius 3 is 1.60 bits per heavy atom. The first-order chi connectivity index (χ1) is 49.6. The monoisotopic (exact) mass is 1450 g/mol. The maximum Gasteiger partial charge on any atom is 0.246 e. The maximum absolute atomic E-state index is 15.2. The second-order valence-corrected chi connectivity index (χ2v) is 27.0. The fourth-order valence-corrected chi connectivity index (χ4v) is 12.4. The average molecular weight is 1450 g/mol. The van der Waals surface area contributed by atoms with Crippen LogP contribution in [0.3, 0.4) is 0 Å². The lowest BCUT2D eigenvalue weighted by atomic mass is 9.98. The molecule has 566 valence electrons. The van der Waals surface area contributed by atoms with Crippen LogP contribution in [0.15, 0.2) is 97.2 Å². The lowest BCUT2D eigenvalue weighted by Crippen LogP contribution is -2.62. The van der Waals surface area contributed by atoms with Gasteiger partial charge in [-0.3, -0.25) is 57.5 Å². The zero-order valence-corrected chi connectivity index (χ0v) is 58.7. The van der Waals surface area contributed by atoms with Gasteiger partial charge in [0.05, 0.1) is 37.9 Å². The van der Waals surface area contributed by atoms with E-state index >= 15 is 14.4 Å². The van der Waals surface area contributed by atoms with E-state index in [1.807, 2.05) is 13.8 Å². The zero-order chi connectivity index (χ0) is 75.7. The van der Waals surface area contributed by atoms with Crippen LogP contribution in [0, 0.1) is 11.8 Å². The molecule has 104 heavy (non-hydrogen) atoms. The first-order valence-corrected chi connectivity index (χ1v) is 34.9. The molecule has 34 heteroatoms. The molecule has 3 fully saturated rings. The number of nitrogens with zero attached hydrogens (tertiary/aromatic N) is 4. The summed E-state index contributed by atoms with van der Waals surface area (Å²) >= 11 is 0. The van der Waals surface area contributed by atoms with Crippen LogP contribution in [0.1, 0.15) is 101 Å². The molecule has 34 nitrogen and oxygen atoms in total. The Bertz CT molecular complexity index is 3570. The fourth-order valence-electron chi connectivity index (χ4n) is 12.4. The summed E-state index contributed by atoms with van der Waals surface area (Å²) < 4.78 is 12.6. The average Bonchev–Trinajstić information content (AvgIpc) is 1.73. The van der Waals surface area contributed by atoms with Gasteiger partial charge < -0.3 is 100 Å². The highest BCUT2D eigenvalue weighted by Gasteiger charge is 2.45. The van der Waals surface area contributed by atoms with E-state index in [-0.39, 0.29) is 82.8 Å². The van der Waals surface area contributed by atoms with Crippen LogP contribution in [0.25, 0.3) is 0 Å². The Balaban J connectivity index is 1.29. The number of hydrogen-bond donors (Lipinski definition) is 16. The summed E-state index contributed by atoms with van der Waals surface area (Å²) in [6.45, 7) is 5.94. The maximum atomic E-state index is 15.2. The zero-order valence-electron chi connectivity index (χ0n) is 58.7. The molecule has 1 aromatic heterocycles. The number of benzene rings is 3. The first kappa shape index (κ1) is 81.5. The molecular weight excluding hydrogens is 1350 g/mol. The molecule has 0 aliphatic carbocycles. The van der Waals surface area contributed by atoms with Crippen LogP contribution in [0.2, 0.25) is 0 Å². The number of fused-ring (bicyclic) bond motifs is 1. The van der Waals surface area contributed by atoms with Crippen LogP contribution >= 0.6 is 0 Å². The molecule has 0 spiro atoms. The second kappa shape index (κ2) is 39.7. The van der Waals surface area contributed by atoms with Gasteiger partial charge in [0.25, 0.3) is 0 Å². The number of rotatable bonds is 24. The number of aliphatic hydroxyl groups is 3. The number of ether oxygens (including phenoxy) is 2. The number of nitrogens with two attached hydrogens (primary N) is 4. The van der Waals surface area contributed by atoms with Gasteiger partial charge in [0.1, 0.15) is 78.7 Å². The third kappa shape index (κ3) is 24.1. The molecule has 20 N–H and O–H groups in total. The summed E-state index contributed by atoms with van der Waals surface area (Å²) in [5.41, 5.74) is 25.0. The van der Waals surface area contributed by atoms with Gasteiger partial charge in [0.15, 0.2) is 6.29 Å². The van der Waals surface area contributed by atoms with Gasteiger partial charge in [-0.2, -0.15) is 0 Å². The van der Waals surface area contributed by atoms with Crippen molar-refractivity contribution in [2.45, 2.75) is 202 Å². The fraction of sp³-hybridized carbons (Fsp3) is 0.543. The van der Waals surface area contributed by atoms with Crippen LogP contribution in [-0.4, -0.2) is 223 Å². The van der Waals surface area contributed by atoms with Crippen molar-refractivity contribution in [2.24, 2.45) is 34.8 Å². The number of carbonyl (C=O) groups excluding carboxylic acids is 12. The van der Waals surface area contributed by atoms with E-state index in [1.54, 1.807) is 105 Å². The van der Waals surface area contributed by atoms with E-state index in [4.69, 9.17) is 32.4 Å². The minimum atomic E-state index is -1.91. The molecule has 4 aromatic rings. The molecule has 4 heterocycles. The smallest absolute Gasteiger partial charge is 0.246 e. The van der Waals surface area contributed by atoms with Crippen LogP contribution in [-0.2, 0) is 99.2 Å². The van der Waals surface area contributed by atoms with Gasteiger partial charge in [-0.25, -0.2) is 4.68 Å². The number of aromatic nitrogens is 3. The molecule has 7 rings (SSSR count). The Labute approximate surface area is 601 Å². The predicted octanol–water partition coefficient (Wildman–Crippen LogP) is -4.72. The molecule has 3 aliphatic heterocycles. The Kier molecular flexibility index (Phi) is 31.1. The van der Waals surface area contributed by atoms with Crippen molar-refractivity contribution in [2.75, 3.05) is 26.3 Å². The highest BCUT2D eigenvalue weighted by molar-refractivity contribution is 6.01. The summed E-state index contributed by atoms with van der Waals surface area (Å²) in [5.74, 6) is -12.3. The third-order valence-electron chi connectivity index (χ3n) is 18.0. The summed E-state index contributed by atoms with van der Waals surface area (Å²) in [5, 5.41) is 62.8. The lowest BCUT2D eigenvalue weighted by Gasteiger charge is -2.40. The number of amides is 12. The standard InChI is InChI=1S/C70H99N17O17/c1-38(2)30-46-62(95)82-51(33-42-20-12-7-13-21-42)69(102)87-27-15-23-52(87)67(100)81-48(32-41-18-10-6-11-19-41)64(97)78-47(31-40-16-8-5-9-17-40)63(96)80-50(35-55(73)90)65(98)75-45(24-25-54(72)89)61(94)79-49(66(99)83-57(39(3)4)68(101)76-44(22-14-26-71)60(93)77-46)34-43-36-86(85-84-43)28-29-103-70-56(74)59(92)58(91)53(37-88)104-70/h5-13,16-21,36,38-39,44-53,56-59,70,88,91-92H,14-15,22-35,37,71,74H2,1-4H3,(H2,72,89)(H2,73,90)(H,75,98)(H,76,101)(H,77,93)(H,78,97)(H,79,94)(H,80,96)(H,81,100)(H,82,95)(H,83,99)/t44-,45-,46-,47+,48-,49-,50-,51+,52-,53+,56+,57-,58-,59+,70+/m0/s1. The molecule has 15 atom stereocenters. The van der Waals surface area contributed by atoms with Crippen molar-refractivity contribution in [3.8, 4) is 0 Å². The minimum absolute atomic E-state index is 0.0278.